The van der Waals surface area contributed by atoms with E-state index in [0.717, 1.165) is 54.2 Å². The van der Waals surface area contributed by atoms with E-state index in [1.807, 2.05) is 26.0 Å². The van der Waals surface area contributed by atoms with Crippen LogP contribution in [0.2, 0.25) is 0 Å². The zero-order valence-corrected chi connectivity index (χ0v) is 17.4. The largest absolute Gasteiger partial charge is 0.465 e. The van der Waals surface area contributed by atoms with Crippen molar-refractivity contribution in [3.8, 4) is 0 Å². The third-order valence-corrected chi connectivity index (χ3v) is 5.53. The Labute approximate surface area is 172 Å². The highest BCUT2D eigenvalue weighted by molar-refractivity contribution is 7.09. The molecular formula is C19H26F3N5OS. The van der Waals surface area contributed by atoms with E-state index in [2.05, 4.69) is 25.5 Å². The third-order valence-electron chi connectivity index (χ3n) is 4.69. The Morgan fingerprint density at radius 3 is 2.66 bits per heavy atom. The van der Waals surface area contributed by atoms with Crippen LogP contribution in [0, 0.1) is 6.92 Å². The van der Waals surface area contributed by atoms with Crippen molar-refractivity contribution in [2.45, 2.75) is 45.5 Å². The summed E-state index contributed by atoms with van der Waals surface area (Å²) in [5.41, 5.74) is -0.868. The highest BCUT2D eigenvalue weighted by Gasteiger charge is 2.33. The molecule has 1 fully saturated rings. The second-order valence-electron chi connectivity index (χ2n) is 6.91. The first kappa shape index (κ1) is 21.6. The molecule has 1 aliphatic heterocycles. The summed E-state index contributed by atoms with van der Waals surface area (Å²) in [6, 6.07) is 4.03. The molecule has 0 radical (unpaired) electrons. The van der Waals surface area contributed by atoms with E-state index < -0.39 is 11.9 Å². The minimum Gasteiger partial charge on any atom is -0.465 e. The molecule has 1 aliphatic rings. The molecule has 29 heavy (non-hydrogen) atoms. The van der Waals surface area contributed by atoms with E-state index in [9.17, 15) is 13.2 Å². The quantitative estimate of drug-likeness (QED) is 0.515. The van der Waals surface area contributed by atoms with Gasteiger partial charge in [0.15, 0.2) is 11.7 Å². The van der Waals surface area contributed by atoms with Gasteiger partial charge in [0.05, 0.1) is 12.6 Å². The predicted molar refractivity (Wildman–Crippen MR) is 107 cm³/mol. The number of hydrogen-bond acceptors (Lipinski definition) is 5. The number of furan rings is 1. The lowest BCUT2D eigenvalue weighted by molar-refractivity contribution is -0.140. The van der Waals surface area contributed by atoms with Crippen molar-refractivity contribution in [3.05, 3.63) is 39.7 Å². The molecule has 10 heteroatoms. The van der Waals surface area contributed by atoms with Gasteiger partial charge in [0.25, 0.3) is 0 Å². The summed E-state index contributed by atoms with van der Waals surface area (Å²) in [6.07, 6.45) is -2.10. The van der Waals surface area contributed by atoms with Crippen molar-refractivity contribution in [2.75, 3.05) is 26.2 Å². The molecule has 0 aromatic carbocycles. The van der Waals surface area contributed by atoms with Gasteiger partial charge in [0, 0.05) is 18.5 Å². The lowest BCUT2D eigenvalue weighted by Crippen LogP contribution is -2.42. The first-order valence-corrected chi connectivity index (χ1v) is 10.6. The average Bonchev–Trinajstić information content (AvgIpc) is 3.41. The number of rotatable bonds is 7. The zero-order valence-electron chi connectivity index (χ0n) is 16.6. The molecule has 0 aliphatic carbocycles. The number of guanidine groups is 1. The maximum atomic E-state index is 12.7. The van der Waals surface area contributed by atoms with E-state index in [1.54, 1.807) is 0 Å². The minimum atomic E-state index is -4.43. The fourth-order valence-corrected chi connectivity index (χ4v) is 4.02. The Balaban J connectivity index is 1.66. The maximum Gasteiger partial charge on any atom is 0.434 e. The molecule has 6 nitrogen and oxygen atoms in total. The first-order chi connectivity index (χ1) is 13.9. The number of aryl methyl sites for hydroxylation is 1. The van der Waals surface area contributed by atoms with Crippen LogP contribution in [-0.4, -0.2) is 42.0 Å². The first-order valence-electron chi connectivity index (χ1n) is 9.71. The Kier molecular flexibility index (Phi) is 7.18. The number of alkyl halides is 3. The van der Waals surface area contributed by atoms with Gasteiger partial charge in [-0.05, 0) is 51.9 Å². The van der Waals surface area contributed by atoms with Crippen LogP contribution in [0.15, 0.2) is 26.9 Å². The lowest BCUT2D eigenvalue weighted by atomic mass is 10.2. The standard InChI is InChI=1S/C19H26F3N5OS/c1-3-23-18(25-11-17-26-16(12-29-17)19(20,21)22)24-10-14(27-8-4-5-9-27)15-7-6-13(2)28-15/h6-7,12,14H,3-5,8-11H2,1-2H3,(H2,23,24,25). The Hall–Kier alpha value is -2.07. The van der Waals surface area contributed by atoms with Crippen molar-refractivity contribution in [3.63, 3.8) is 0 Å². The van der Waals surface area contributed by atoms with Gasteiger partial charge in [-0.25, -0.2) is 9.98 Å². The molecule has 3 heterocycles. The van der Waals surface area contributed by atoms with Crippen molar-refractivity contribution in [1.82, 2.24) is 20.5 Å². The molecule has 2 aromatic rings. The van der Waals surface area contributed by atoms with Crippen molar-refractivity contribution in [1.29, 1.82) is 0 Å². The van der Waals surface area contributed by atoms with Crippen LogP contribution in [-0.2, 0) is 12.7 Å². The molecule has 1 atom stereocenters. The van der Waals surface area contributed by atoms with Crippen LogP contribution in [0.1, 0.15) is 48.0 Å². The Morgan fingerprint density at radius 2 is 2.07 bits per heavy atom. The highest BCUT2D eigenvalue weighted by Crippen LogP contribution is 2.30. The highest BCUT2D eigenvalue weighted by atomic mass is 32.1. The average molecular weight is 430 g/mol. The number of aromatic nitrogens is 1. The summed E-state index contributed by atoms with van der Waals surface area (Å²) in [5.74, 6) is 2.32. The minimum absolute atomic E-state index is 0.0757. The van der Waals surface area contributed by atoms with E-state index in [1.165, 1.54) is 0 Å². The number of nitrogens with one attached hydrogen (secondary N) is 2. The van der Waals surface area contributed by atoms with E-state index in [0.29, 0.717) is 24.1 Å². The van der Waals surface area contributed by atoms with E-state index >= 15 is 0 Å². The number of nitrogens with zero attached hydrogens (tertiary/aromatic N) is 3. The molecule has 3 rings (SSSR count). The fourth-order valence-electron chi connectivity index (χ4n) is 3.29. The van der Waals surface area contributed by atoms with Crippen molar-refractivity contribution >= 4 is 17.3 Å². The molecule has 0 saturated carbocycles. The van der Waals surface area contributed by atoms with Crippen LogP contribution < -0.4 is 10.6 Å². The van der Waals surface area contributed by atoms with Crippen LogP contribution in [0.3, 0.4) is 0 Å². The van der Waals surface area contributed by atoms with Gasteiger partial charge in [-0.2, -0.15) is 13.2 Å². The molecule has 2 N–H and O–H groups in total. The van der Waals surface area contributed by atoms with Gasteiger partial charge >= 0.3 is 6.18 Å². The maximum absolute atomic E-state index is 12.7. The summed E-state index contributed by atoms with van der Waals surface area (Å²) in [7, 11) is 0. The Bertz CT molecular complexity index is 811. The second kappa shape index (κ2) is 9.62. The van der Waals surface area contributed by atoms with Gasteiger partial charge in [-0.15, -0.1) is 11.3 Å². The summed E-state index contributed by atoms with van der Waals surface area (Å²) >= 11 is 0.964. The van der Waals surface area contributed by atoms with Crippen molar-refractivity contribution in [2.24, 2.45) is 4.99 Å². The molecule has 160 valence electrons. The molecule has 0 bridgehead atoms. The summed E-state index contributed by atoms with van der Waals surface area (Å²) in [6.45, 7) is 7.21. The number of halogens is 3. The molecule has 1 unspecified atom stereocenters. The van der Waals surface area contributed by atoms with Crippen LogP contribution >= 0.6 is 11.3 Å². The van der Waals surface area contributed by atoms with Crippen LogP contribution in [0.4, 0.5) is 13.2 Å². The molecule has 1 saturated heterocycles. The normalized spacial score (nSPS) is 16.9. The van der Waals surface area contributed by atoms with Gasteiger partial charge in [0.1, 0.15) is 16.5 Å². The topological polar surface area (TPSA) is 65.7 Å². The van der Waals surface area contributed by atoms with E-state index in [-0.39, 0.29) is 12.6 Å². The predicted octanol–water partition coefficient (Wildman–Crippen LogP) is 3.96. The number of likely N-dealkylation sites (tertiary alicyclic amines) is 1. The summed E-state index contributed by atoms with van der Waals surface area (Å²) < 4.78 is 44.0. The monoisotopic (exact) mass is 429 g/mol. The van der Waals surface area contributed by atoms with Crippen molar-refractivity contribution < 1.29 is 17.6 Å². The van der Waals surface area contributed by atoms with Gasteiger partial charge in [0.2, 0.25) is 0 Å². The number of aliphatic imine (C=N–C) groups is 1. The van der Waals surface area contributed by atoms with Gasteiger partial charge < -0.3 is 15.1 Å². The second-order valence-corrected chi connectivity index (χ2v) is 7.85. The van der Waals surface area contributed by atoms with Crippen LogP contribution in [0.25, 0.3) is 0 Å². The van der Waals surface area contributed by atoms with Gasteiger partial charge in [-0.3, -0.25) is 4.90 Å². The third kappa shape index (κ3) is 5.96. The van der Waals surface area contributed by atoms with E-state index in [4.69, 9.17) is 4.42 Å². The zero-order chi connectivity index (χ0) is 20.9. The number of hydrogen-bond donors (Lipinski definition) is 2. The smallest absolute Gasteiger partial charge is 0.434 e. The molecule has 0 amide bonds. The fraction of sp³-hybridized carbons (Fsp3) is 0.579. The summed E-state index contributed by atoms with van der Waals surface area (Å²) in [5, 5.41) is 7.79. The summed E-state index contributed by atoms with van der Waals surface area (Å²) in [4.78, 5) is 10.4. The number of thiazole rings is 1. The lowest BCUT2D eigenvalue weighted by Gasteiger charge is -2.26. The SMILES string of the molecule is CCNC(=NCc1nc(C(F)(F)F)cs1)NCC(c1ccc(C)o1)N1CCCC1. The Morgan fingerprint density at radius 1 is 1.31 bits per heavy atom. The molecular weight excluding hydrogens is 403 g/mol. The van der Waals surface area contributed by atoms with Gasteiger partial charge in [-0.1, -0.05) is 0 Å². The van der Waals surface area contributed by atoms with Crippen LogP contribution in [0.5, 0.6) is 0 Å². The molecule has 2 aromatic heterocycles. The molecule has 0 spiro atoms.